The SMILES string of the molecule is O=C(CCC1CCCN(Cc2c(F)ccc(F)c2F)C1)N1CCCC1. The summed E-state index contributed by atoms with van der Waals surface area (Å²) >= 11 is 0. The summed E-state index contributed by atoms with van der Waals surface area (Å²) in [5.41, 5.74) is -0.200. The first kappa shape index (κ1) is 18.2. The molecule has 0 N–H and O–H groups in total. The van der Waals surface area contributed by atoms with Gasteiger partial charge in [-0.3, -0.25) is 9.69 Å². The highest BCUT2D eigenvalue weighted by Gasteiger charge is 2.25. The van der Waals surface area contributed by atoms with Crippen LogP contribution in [0.2, 0.25) is 0 Å². The summed E-state index contributed by atoms with van der Waals surface area (Å²) in [6.07, 6.45) is 5.49. The number of hydrogen-bond acceptors (Lipinski definition) is 2. The molecule has 2 heterocycles. The van der Waals surface area contributed by atoms with Crippen molar-refractivity contribution in [3.8, 4) is 0 Å². The number of carbonyl (C=O) groups excluding carboxylic acids is 1. The van der Waals surface area contributed by atoms with Gasteiger partial charge in [0.25, 0.3) is 0 Å². The molecule has 0 aromatic heterocycles. The lowest BCUT2D eigenvalue weighted by Gasteiger charge is -2.33. The quantitative estimate of drug-likeness (QED) is 0.753. The minimum Gasteiger partial charge on any atom is -0.343 e. The molecule has 138 valence electrons. The molecule has 2 saturated heterocycles. The summed E-state index contributed by atoms with van der Waals surface area (Å²) < 4.78 is 41.0. The predicted molar refractivity (Wildman–Crippen MR) is 89.4 cm³/mol. The number of hydrogen-bond donors (Lipinski definition) is 0. The predicted octanol–water partition coefficient (Wildman–Crippen LogP) is 3.72. The van der Waals surface area contributed by atoms with Gasteiger partial charge in [0.15, 0.2) is 11.6 Å². The van der Waals surface area contributed by atoms with E-state index in [1.54, 1.807) is 0 Å². The molecule has 2 fully saturated rings. The van der Waals surface area contributed by atoms with Crippen molar-refractivity contribution in [2.24, 2.45) is 5.92 Å². The molecular formula is C19H25F3N2O. The van der Waals surface area contributed by atoms with E-state index in [1.165, 1.54) is 0 Å². The highest BCUT2D eigenvalue weighted by molar-refractivity contribution is 5.76. The Bertz CT molecular complexity index is 617. The van der Waals surface area contributed by atoms with E-state index in [1.807, 2.05) is 9.80 Å². The van der Waals surface area contributed by atoms with E-state index in [4.69, 9.17) is 0 Å². The summed E-state index contributed by atoms with van der Waals surface area (Å²) in [4.78, 5) is 16.1. The zero-order valence-corrected chi connectivity index (χ0v) is 14.4. The van der Waals surface area contributed by atoms with E-state index in [0.717, 1.165) is 63.9 Å². The summed E-state index contributed by atoms with van der Waals surface area (Å²) in [7, 11) is 0. The fourth-order valence-corrected chi connectivity index (χ4v) is 3.92. The monoisotopic (exact) mass is 354 g/mol. The van der Waals surface area contributed by atoms with Gasteiger partial charge in [-0.1, -0.05) is 0 Å². The molecule has 1 aromatic rings. The minimum absolute atomic E-state index is 0.0754. The van der Waals surface area contributed by atoms with E-state index >= 15 is 0 Å². The van der Waals surface area contributed by atoms with Crippen molar-refractivity contribution in [2.75, 3.05) is 26.2 Å². The second-order valence-corrected chi connectivity index (χ2v) is 7.19. The van der Waals surface area contributed by atoms with Crippen LogP contribution in [0.4, 0.5) is 13.2 Å². The van der Waals surface area contributed by atoms with Crippen molar-refractivity contribution < 1.29 is 18.0 Å². The molecule has 1 atom stereocenters. The molecule has 0 radical (unpaired) electrons. The maximum absolute atomic E-state index is 13.8. The summed E-state index contributed by atoms with van der Waals surface area (Å²) in [6, 6.07) is 1.79. The number of piperidine rings is 1. The van der Waals surface area contributed by atoms with Crippen molar-refractivity contribution >= 4 is 5.91 Å². The van der Waals surface area contributed by atoms with Crippen LogP contribution < -0.4 is 0 Å². The van der Waals surface area contributed by atoms with E-state index in [9.17, 15) is 18.0 Å². The first-order valence-corrected chi connectivity index (χ1v) is 9.17. The van der Waals surface area contributed by atoms with Gasteiger partial charge in [-0.15, -0.1) is 0 Å². The standard InChI is InChI=1S/C19H25F3N2O/c20-16-6-7-17(21)19(22)15(16)13-23-9-3-4-14(12-23)5-8-18(25)24-10-1-2-11-24/h6-7,14H,1-5,8-13H2. The van der Waals surface area contributed by atoms with Gasteiger partial charge in [0.2, 0.25) is 5.91 Å². The van der Waals surface area contributed by atoms with Crippen LogP contribution in [0.5, 0.6) is 0 Å². The summed E-state index contributed by atoms with van der Waals surface area (Å²) in [5.74, 6) is -2.24. The van der Waals surface area contributed by atoms with Crippen LogP contribution in [0, 0.1) is 23.4 Å². The summed E-state index contributed by atoms with van der Waals surface area (Å²) in [5, 5.41) is 0. The van der Waals surface area contributed by atoms with Crippen LogP contribution in [0.25, 0.3) is 0 Å². The van der Waals surface area contributed by atoms with Gasteiger partial charge >= 0.3 is 0 Å². The van der Waals surface area contributed by atoms with Gasteiger partial charge in [-0.2, -0.15) is 0 Å². The molecule has 2 aliphatic heterocycles. The molecule has 0 spiro atoms. The molecule has 0 bridgehead atoms. The molecule has 0 saturated carbocycles. The average molecular weight is 354 g/mol. The molecule has 1 unspecified atom stereocenters. The van der Waals surface area contributed by atoms with Crippen LogP contribution in [0.15, 0.2) is 12.1 Å². The van der Waals surface area contributed by atoms with Crippen molar-refractivity contribution in [3.63, 3.8) is 0 Å². The highest BCUT2D eigenvalue weighted by atomic mass is 19.2. The van der Waals surface area contributed by atoms with Gasteiger partial charge in [0.05, 0.1) is 0 Å². The number of carbonyl (C=O) groups is 1. The van der Waals surface area contributed by atoms with Crippen LogP contribution in [0.3, 0.4) is 0 Å². The lowest BCUT2D eigenvalue weighted by molar-refractivity contribution is -0.130. The Hall–Kier alpha value is -1.56. The largest absolute Gasteiger partial charge is 0.343 e. The smallest absolute Gasteiger partial charge is 0.222 e. The molecule has 3 rings (SSSR count). The second-order valence-electron chi connectivity index (χ2n) is 7.19. The maximum Gasteiger partial charge on any atom is 0.222 e. The molecule has 1 amide bonds. The number of halogens is 3. The van der Waals surface area contributed by atoms with Crippen LogP contribution in [-0.2, 0) is 11.3 Å². The van der Waals surface area contributed by atoms with E-state index in [0.29, 0.717) is 18.9 Å². The number of amides is 1. The minimum atomic E-state index is -1.09. The maximum atomic E-state index is 13.8. The Morgan fingerprint density at radius 1 is 1.04 bits per heavy atom. The van der Waals surface area contributed by atoms with Crippen LogP contribution in [-0.4, -0.2) is 41.9 Å². The Kier molecular flexibility index (Phi) is 5.99. The third-order valence-electron chi connectivity index (χ3n) is 5.35. The number of likely N-dealkylation sites (tertiary alicyclic amines) is 2. The Morgan fingerprint density at radius 2 is 1.76 bits per heavy atom. The number of nitrogens with zero attached hydrogens (tertiary/aromatic N) is 2. The highest BCUT2D eigenvalue weighted by Crippen LogP contribution is 2.25. The van der Waals surface area contributed by atoms with Gasteiger partial charge < -0.3 is 4.90 Å². The zero-order valence-electron chi connectivity index (χ0n) is 14.4. The lowest BCUT2D eigenvalue weighted by atomic mass is 9.92. The fourth-order valence-electron chi connectivity index (χ4n) is 3.92. The van der Waals surface area contributed by atoms with Gasteiger partial charge in [0, 0.05) is 38.2 Å². The molecule has 6 heteroatoms. The van der Waals surface area contributed by atoms with Crippen molar-refractivity contribution in [2.45, 2.75) is 45.1 Å². The first-order valence-electron chi connectivity index (χ1n) is 9.17. The fraction of sp³-hybridized carbons (Fsp3) is 0.632. The van der Waals surface area contributed by atoms with Crippen LogP contribution in [0.1, 0.15) is 44.1 Å². The normalized spacial score (nSPS) is 21.7. The van der Waals surface area contributed by atoms with E-state index in [-0.39, 0.29) is 18.0 Å². The van der Waals surface area contributed by atoms with Gasteiger partial charge in [-0.25, -0.2) is 13.2 Å². The Balaban J connectivity index is 1.53. The number of rotatable bonds is 5. The molecule has 25 heavy (non-hydrogen) atoms. The zero-order chi connectivity index (χ0) is 17.8. The van der Waals surface area contributed by atoms with Gasteiger partial charge in [0.1, 0.15) is 5.82 Å². The van der Waals surface area contributed by atoms with E-state index in [2.05, 4.69) is 0 Å². The molecular weight excluding hydrogens is 329 g/mol. The lowest BCUT2D eigenvalue weighted by Crippen LogP contribution is -2.36. The third kappa shape index (κ3) is 4.54. The average Bonchev–Trinajstić information content (AvgIpc) is 3.15. The molecule has 0 aliphatic carbocycles. The van der Waals surface area contributed by atoms with Crippen LogP contribution >= 0.6 is 0 Å². The van der Waals surface area contributed by atoms with Crippen molar-refractivity contribution in [1.29, 1.82) is 0 Å². The van der Waals surface area contributed by atoms with Crippen molar-refractivity contribution in [3.05, 3.63) is 35.1 Å². The number of benzene rings is 1. The Labute approximate surface area is 146 Å². The summed E-state index contributed by atoms with van der Waals surface area (Å²) in [6.45, 7) is 3.25. The molecule has 3 nitrogen and oxygen atoms in total. The van der Waals surface area contributed by atoms with E-state index < -0.39 is 17.5 Å². The first-order chi connectivity index (χ1) is 12.0. The second kappa shape index (κ2) is 8.21. The molecule has 1 aromatic carbocycles. The molecule has 2 aliphatic rings. The Morgan fingerprint density at radius 3 is 2.52 bits per heavy atom. The topological polar surface area (TPSA) is 23.6 Å². The third-order valence-corrected chi connectivity index (χ3v) is 5.35. The van der Waals surface area contributed by atoms with Crippen molar-refractivity contribution in [1.82, 2.24) is 9.80 Å². The van der Waals surface area contributed by atoms with Gasteiger partial charge in [-0.05, 0) is 56.7 Å².